The molecule has 0 bridgehead atoms. The van der Waals surface area contributed by atoms with Crippen molar-refractivity contribution >= 4 is 6.29 Å². The van der Waals surface area contributed by atoms with Crippen molar-refractivity contribution in [3.63, 3.8) is 0 Å². The third-order valence-corrected chi connectivity index (χ3v) is 7.41. The first-order chi connectivity index (χ1) is 10.9. The highest BCUT2D eigenvalue weighted by molar-refractivity contribution is 5.50. The van der Waals surface area contributed by atoms with E-state index in [9.17, 15) is 9.90 Å². The van der Waals surface area contributed by atoms with Crippen LogP contribution in [0.3, 0.4) is 0 Å². The summed E-state index contributed by atoms with van der Waals surface area (Å²) in [4.78, 5) is 11.4. The van der Waals surface area contributed by atoms with E-state index in [1.165, 1.54) is 18.4 Å². The van der Waals surface area contributed by atoms with Gasteiger partial charge in [-0.1, -0.05) is 37.6 Å². The molecule has 3 aliphatic carbocycles. The van der Waals surface area contributed by atoms with Crippen molar-refractivity contribution in [2.45, 2.75) is 71.8 Å². The SMILES string of the molecule is C/C=C/[C@@]1(C)CC[C@H]2[C@H](CC=C3C[C@@H](O)CC[C@@]32C)[C@@H]1CC=O. The third-order valence-electron chi connectivity index (χ3n) is 7.41. The minimum Gasteiger partial charge on any atom is -0.393 e. The highest BCUT2D eigenvalue weighted by Gasteiger charge is 2.53. The summed E-state index contributed by atoms with van der Waals surface area (Å²) < 4.78 is 0. The Balaban J connectivity index is 1.95. The zero-order valence-electron chi connectivity index (χ0n) is 14.9. The first-order valence-electron chi connectivity index (χ1n) is 9.39. The second-order valence-corrected chi connectivity index (χ2v) is 8.60. The molecule has 2 fully saturated rings. The van der Waals surface area contributed by atoms with Gasteiger partial charge >= 0.3 is 0 Å². The summed E-state index contributed by atoms with van der Waals surface area (Å²) in [5.74, 6) is 1.74. The van der Waals surface area contributed by atoms with Crippen LogP contribution < -0.4 is 0 Å². The summed E-state index contributed by atoms with van der Waals surface area (Å²) in [6, 6.07) is 0. The number of allylic oxidation sites excluding steroid dienone is 3. The second-order valence-electron chi connectivity index (χ2n) is 8.60. The quantitative estimate of drug-likeness (QED) is 0.606. The summed E-state index contributed by atoms with van der Waals surface area (Å²) in [7, 11) is 0. The van der Waals surface area contributed by atoms with Crippen molar-refractivity contribution in [2.24, 2.45) is 28.6 Å². The number of carbonyl (C=O) groups excluding carboxylic acids is 1. The van der Waals surface area contributed by atoms with Crippen molar-refractivity contribution in [1.82, 2.24) is 0 Å². The lowest BCUT2D eigenvalue weighted by Gasteiger charge is -2.58. The van der Waals surface area contributed by atoms with Crippen LogP contribution in [-0.2, 0) is 4.79 Å². The average Bonchev–Trinajstić information content (AvgIpc) is 2.51. The van der Waals surface area contributed by atoms with E-state index in [2.05, 4.69) is 39.0 Å². The van der Waals surface area contributed by atoms with Gasteiger partial charge in [0.25, 0.3) is 0 Å². The van der Waals surface area contributed by atoms with Gasteiger partial charge in [-0.25, -0.2) is 0 Å². The minimum absolute atomic E-state index is 0.145. The van der Waals surface area contributed by atoms with E-state index in [1.807, 2.05) is 0 Å². The molecule has 0 radical (unpaired) electrons. The molecule has 1 N–H and O–H groups in total. The Morgan fingerprint density at radius 3 is 2.78 bits per heavy atom. The molecule has 3 aliphatic rings. The molecule has 2 nitrogen and oxygen atoms in total. The molecule has 3 rings (SSSR count). The number of aliphatic hydroxyl groups is 1. The molecule has 23 heavy (non-hydrogen) atoms. The Labute approximate surface area is 141 Å². The zero-order valence-corrected chi connectivity index (χ0v) is 14.9. The van der Waals surface area contributed by atoms with Gasteiger partial charge < -0.3 is 9.90 Å². The van der Waals surface area contributed by atoms with Crippen LogP contribution in [0, 0.1) is 28.6 Å². The molecule has 6 atom stereocenters. The molecule has 2 saturated carbocycles. The summed E-state index contributed by atoms with van der Waals surface area (Å²) in [6.07, 6.45) is 15.0. The fourth-order valence-electron chi connectivity index (χ4n) is 6.12. The molecule has 0 aromatic carbocycles. The van der Waals surface area contributed by atoms with Crippen LogP contribution in [0.2, 0.25) is 0 Å². The molecule has 128 valence electrons. The Morgan fingerprint density at radius 1 is 1.30 bits per heavy atom. The first-order valence-corrected chi connectivity index (χ1v) is 9.39. The molecule has 0 aromatic heterocycles. The number of hydrogen-bond acceptors (Lipinski definition) is 2. The second kappa shape index (κ2) is 6.20. The van der Waals surface area contributed by atoms with Gasteiger partial charge in [0.15, 0.2) is 0 Å². The number of carbonyl (C=O) groups is 1. The van der Waals surface area contributed by atoms with Crippen molar-refractivity contribution in [1.29, 1.82) is 0 Å². The summed E-state index contributed by atoms with van der Waals surface area (Å²) in [5.41, 5.74) is 1.91. The first kappa shape index (κ1) is 17.0. The topological polar surface area (TPSA) is 37.3 Å². The number of aldehydes is 1. The number of rotatable bonds is 3. The highest BCUT2D eigenvalue weighted by Crippen LogP contribution is 2.61. The predicted octanol–water partition coefficient (Wildman–Crippen LogP) is 4.68. The summed E-state index contributed by atoms with van der Waals surface area (Å²) in [5, 5.41) is 10.1. The van der Waals surface area contributed by atoms with Crippen molar-refractivity contribution < 1.29 is 9.90 Å². The molecule has 2 heteroatoms. The van der Waals surface area contributed by atoms with Crippen molar-refractivity contribution in [2.75, 3.05) is 0 Å². The summed E-state index contributed by atoms with van der Waals surface area (Å²) >= 11 is 0. The van der Waals surface area contributed by atoms with E-state index in [0.29, 0.717) is 24.2 Å². The number of aliphatic hydroxyl groups excluding tert-OH is 1. The standard InChI is InChI=1S/C21H32O2/c1-4-10-20(2)11-8-19-17(18(20)9-13-22)6-5-15-14-16(23)7-12-21(15,19)3/h4-5,10,13,16-19,23H,6-9,11-12,14H2,1-3H3/b10-4+/t16-,17+,18-,19-,20-,21-/m0/s1. The minimum atomic E-state index is -0.145. The van der Waals surface area contributed by atoms with Crippen LogP contribution >= 0.6 is 0 Å². The third kappa shape index (κ3) is 2.73. The lowest BCUT2D eigenvalue weighted by atomic mass is 9.47. The van der Waals surface area contributed by atoms with Gasteiger partial charge in [-0.15, -0.1) is 0 Å². The molecule has 0 aliphatic heterocycles. The van der Waals surface area contributed by atoms with Crippen LogP contribution in [0.1, 0.15) is 65.7 Å². The van der Waals surface area contributed by atoms with Gasteiger partial charge in [0.05, 0.1) is 6.10 Å². The van der Waals surface area contributed by atoms with E-state index in [-0.39, 0.29) is 16.9 Å². The molecule has 0 amide bonds. The van der Waals surface area contributed by atoms with Crippen molar-refractivity contribution in [3.05, 3.63) is 23.8 Å². The molecule has 0 aromatic rings. The van der Waals surface area contributed by atoms with Gasteiger partial charge in [-0.3, -0.25) is 0 Å². The number of hydrogen-bond donors (Lipinski definition) is 1. The normalized spacial score (nSPS) is 46.9. The molecular formula is C21H32O2. The molecule has 0 saturated heterocycles. The van der Waals surface area contributed by atoms with E-state index in [1.54, 1.807) is 0 Å². The Bertz CT molecular complexity index is 520. The maximum Gasteiger partial charge on any atom is 0.120 e. The van der Waals surface area contributed by atoms with Gasteiger partial charge in [0, 0.05) is 6.42 Å². The van der Waals surface area contributed by atoms with Crippen LogP contribution in [0.25, 0.3) is 0 Å². The lowest BCUT2D eigenvalue weighted by molar-refractivity contribution is -0.112. The largest absolute Gasteiger partial charge is 0.393 e. The van der Waals surface area contributed by atoms with E-state index in [0.717, 1.165) is 32.0 Å². The van der Waals surface area contributed by atoms with Crippen LogP contribution in [0.5, 0.6) is 0 Å². The molecule has 0 unspecified atom stereocenters. The fourth-order valence-corrected chi connectivity index (χ4v) is 6.12. The van der Waals surface area contributed by atoms with Crippen LogP contribution in [-0.4, -0.2) is 17.5 Å². The van der Waals surface area contributed by atoms with Gasteiger partial charge in [-0.2, -0.15) is 0 Å². The monoisotopic (exact) mass is 316 g/mol. The molecular weight excluding hydrogens is 284 g/mol. The van der Waals surface area contributed by atoms with E-state index >= 15 is 0 Å². The van der Waals surface area contributed by atoms with Crippen LogP contribution in [0.4, 0.5) is 0 Å². The van der Waals surface area contributed by atoms with E-state index < -0.39 is 0 Å². The zero-order chi connectivity index (χ0) is 16.7. The van der Waals surface area contributed by atoms with Crippen molar-refractivity contribution in [3.8, 4) is 0 Å². The lowest BCUT2D eigenvalue weighted by Crippen LogP contribution is -2.50. The molecule has 0 spiro atoms. The van der Waals surface area contributed by atoms with Gasteiger partial charge in [-0.05, 0) is 74.0 Å². The highest BCUT2D eigenvalue weighted by atomic mass is 16.3. The fraction of sp³-hybridized carbons (Fsp3) is 0.762. The summed E-state index contributed by atoms with van der Waals surface area (Å²) in [6.45, 7) is 6.87. The maximum atomic E-state index is 11.4. The van der Waals surface area contributed by atoms with E-state index in [4.69, 9.17) is 0 Å². The Hall–Kier alpha value is -0.890. The average molecular weight is 316 g/mol. The van der Waals surface area contributed by atoms with Gasteiger partial charge in [0.2, 0.25) is 0 Å². The number of fused-ring (bicyclic) bond motifs is 3. The molecule has 0 heterocycles. The van der Waals surface area contributed by atoms with Gasteiger partial charge in [0.1, 0.15) is 6.29 Å². The smallest absolute Gasteiger partial charge is 0.120 e. The maximum absolute atomic E-state index is 11.4. The van der Waals surface area contributed by atoms with Crippen LogP contribution in [0.15, 0.2) is 23.8 Å². The Morgan fingerprint density at radius 2 is 2.09 bits per heavy atom. The predicted molar refractivity (Wildman–Crippen MR) is 94.0 cm³/mol. The Kier molecular flexibility index (Phi) is 4.57.